The predicted molar refractivity (Wildman–Crippen MR) is 45.2 cm³/mol. The summed E-state index contributed by atoms with van der Waals surface area (Å²) in [5.41, 5.74) is 4.91. The Morgan fingerprint density at radius 3 is 2.18 bits per heavy atom. The van der Waals surface area contributed by atoms with Gasteiger partial charge in [0, 0.05) is 0 Å². The molecule has 0 unspecified atom stereocenters. The van der Waals surface area contributed by atoms with Crippen molar-refractivity contribution >= 4 is 24.4 Å². The Hall–Kier alpha value is -0.710. The highest BCUT2D eigenvalue weighted by molar-refractivity contribution is 7.81. The molecule has 0 rings (SSSR count). The fourth-order valence-corrected chi connectivity index (χ4v) is 0.480. The molecule has 4 nitrogen and oxygen atoms in total. The van der Waals surface area contributed by atoms with Crippen molar-refractivity contribution in [3.63, 3.8) is 0 Å². The van der Waals surface area contributed by atoms with Crippen LogP contribution in [0.15, 0.2) is 0 Å². The average Bonchev–Trinajstić information content (AvgIpc) is 1.87. The molecule has 5 heteroatoms. The Kier molecular flexibility index (Phi) is 3.95. The molecule has 64 valence electrons. The monoisotopic (exact) mass is 176 g/mol. The summed E-state index contributed by atoms with van der Waals surface area (Å²) in [4.78, 5) is 21.3. The fraction of sp³-hybridized carbons (Fsp3) is 0.667. The predicted octanol–water partition coefficient (Wildman–Crippen LogP) is -0.705. The Labute approximate surface area is 70.9 Å². The topological polar surface area (TPSA) is 72.2 Å². The third-order valence-electron chi connectivity index (χ3n) is 1.16. The number of carbonyl (C=O) groups is 2. The molecule has 2 atom stereocenters. The molecular weight excluding hydrogens is 164 g/mol. The van der Waals surface area contributed by atoms with Gasteiger partial charge in [-0.1, -0.05) is 0 Å². The van der Waals surface area contributed by atoms with Crippen molar-refractivity contribution in [1.29, 1.82) is 0 Å². The van der Waals surface area contributed by atoms with E-state index in [1.807, 2.05) is 0 Å². The van der Waals surface area contributed by atoms with Crippen molar-refractivity contribution in [2.24, 2.45) is 5.73 Å². The number of rotatable bonds is 3. The molecule has 0 aromatic rings. The lowest BCUT2D eigenvalue weighted by atomic mass is 10.3. The zero-order valence-corrected chi connectivity index (χ0v) is 7.39. The molecule has 0 fully saturated rings. The highest BCUT2D eigenvalue weighted by Gasteiger charge is 2.14. The second kappa shape index (κ2) is 4.23. The Morgan fingerprint density at radius 2 is 1.91 bits per heavy atom. The minimum absolute atomic E-state index is 0.292. The second-order valence-corrected chi connectivity index (χ2v) is 3.08. The first kappa shape index (κ1) is 10.3. The van der Waals surface area contributed by atoms with Crippen LogP contribution in [0.25, 0.3) is 0 Å². The lowest BCUT2D eigenvalue weighted by Gasteiger charge is -2.11. The van der Waals surface area contributed by atoms with Gasteiger partial charge in [-0.15, -0.1) is 0 Å². The van der Waals surface area contributed by atoms with E-state index in [1.165, 1.54) is 6.92 Å². The number of nitrogens with two attached hydrogens (primary N) is 1. The van der Waals surface area contributed by atoms with E-state index in [4.69, 9.17) is 5.73 Å². The van der Waals surface area contributed by atoms with Crippen LogP contribution in [0.5, 0.6) is 0 Å². The lowest BCUT2D eigenvalue weighted by molar-refractivity contribution is -0.126. The van der Waals surface area contributed by atoms with Gasteiger partial charge < -0.3 is 11.1 Å². The molecule has 0 aliphatic carbocycles. The minimum Gasteiger partial charge on any atom is -0.368 e. The van der Waals surface area contributed by atoms with Crippen LogP contribution in [0.3, 0.4) is 0 Å². The van der Waals surface area contributed by atoms with Gasteiger partial charge in [-0.2, -0.15) is 12.6 Å². The number of thiol groups is 1. The van der Waals surface area contributed by atoms with Crippen molar-refractivity contribution in [2.75, 3.05) is 0 Å². The van der Waals surface area contributed by atoms with Crippen LogP contribution < -0.4 is 11.1 Å². The van der Waals surface area contributed by atoms with E-state index in [2.05, 4.69) is 17.9 Å². The summed E-state index contributed by atoms with van der Waals surface area (Å²) in [6.45, 7) is 3.14. The van der Waals surface area contributed by atoms with E-state index in [-0.39, 0.29) is 5.91 Å². The molecule has 0 aromatic carbocycles. The maximum absolute atomic E-state index is 10.9. The summed E-state index contributed by atoms with van der Waals surface area (Å²) >= 11 is 3.87. The molecule has 0 radical (unpaired) electrons. The third-order valence-corrected chi connectivity index (χ3v) is 1.40. The van der Waals surface area contributed by atoms with E-state index in [0.717, 1.165) is 0 Å². The number of nitrogens with one attached hydrogen (secondary N) is 1. The van der Waals surface area contributed by atoms with Gasteiger partial charge in [0.2, 0.25) is 11.8 Å². The Balaban J connectivity index is 3.85. The van der Waals surface area contributed by atoms with Crippen molar-refractivity contribution in [3.05, 3.63) is 0 Å². The quantitative estimate of drug-likeness (QED) is 0.497. The van der Waals surface area contributed by atoms with Crippen LogP contribution in [0.1, 0.15) is 13.8 Å². The highest BCUT2D eigenvalue weighted by atomic mass is 32.1. The Morgan fingerprint density at radius 1 is 1.45 bits per heavy atom. The largest absolute Gasteiger partial charge is 0.368 e. The molecule has 3 N–H and O–H groups in total. The molecule has 11 heavy (non-hydrogen) atoms. The normalized spacial score (nSPS) is 15.2. The van der Waals surface area contributed by atoms with E-state index in [1.54, 1.807) is 6.92 Å². The summed E-state index contributed by atoms with van der Waals surface area (Å²) in [6, 6.07) is -0.628. The molecule has 0 aliphatic heterocycles. The number of amides is 2. The Bertz CT molecular complexity index is 170. The first-order valence-electron chi connectivity index (χ1n) is 3.23. The van der Waals surface area contributed by atoms with E-state index in [0.29, 0.717) is 0 Å². The van der Waals surface area contributed by atoms with Crippen molar-refractivity contribution in [1.82, 2.24) is 5.32 Å². The SMILES string of the molecule is C[C@H](S)C(=O)N[C@H](C)C(N)=O. The molecule has 0 saturated carbocycles. The number of hydrogen-bond acceptors (Lipinski definition) is 3. The number of primary amides is 1. The van der Waals surface area contributed by atoms with E-state index in [9.17, 15) is 9.59 Å². The van der Waals surface area contributed by atoms with Crippen LogP contribution in [0.2, 0.25) is 0 Å². The molecule has 0 spiro atoms. The van der Waals surface area contributed by atoms with Crippen LogP contribution in [-0.4, -0.2) is 23.1 Å². The van der Waals surface area contributed by atoms with Crippen LogP contribution in [0, 0.1) is 0 Å². The lowest BCUT2D eigenvalue weighted by Crippen LogP contribution is -2.44. The number of carbonyl (C=O) groups excluding carboxylic acids is 2. The molecule has 0 heterocycles. The minimum atomic E-state index is -0.628. The van der Waals surface area contributed by atoms with Gasteiger partial charge in [-0.3, -0.25) is 9.59 Å². The van der Waals surface area contributed by atoms with Crippen LogP contribution in [0.4, 0.5) is 0 Å². The fourth-order valence-electron chi connectivity index (χ4n) is 0.405. The maximum atomic E-state index is 10.9. The van der Waals surface area contributed by atoms with Gasteiger partial charge in [0.15, 0.2) is 0 Å². The van der Waals surface area contributed by atoms with Crippen LogP contribution >= 0.6 is 12.6 Å². The summed E-state index contributed by atoms with van der Waals surface area (Å²) in [6.07, 6.45) is 0. The maximum Gasteiger partial charge on any atom is 0.239 e. The molecule has 2 amide bonds. The van der Waals surface area contributed by atoms with E-state index < -0.39 is 17.2 Å². The molecule has 0 bridgehead atoms. The average molecular weight is 176 g/mol. The van der Waals surface area contributed by atoms with Crippen molar-refractivity contribution in [3.8, 4) is 0 Å². The van der Waals surface area contributed by atoms with Gasteiger partial charge in [-0.25, -0.2) is 0 Å². The van der Waals surface area contributed by atoms with E-state index >= 15 is 0 Å². The summed E-state index contributed by atoms with van der Waals surface area (Å²) in [5, 5.41) is 1.97. The summed E-state index contributed by atoms with van der Waals surface area (Å²) < 4.78 is 0. The van der Waals surface area contributed by atoms with Gasteiger partial charge in [0.25, 0.3) is 0 Å². The molecular formula is C6H12N2O2S. The van der Waals surface area contributed by atoms with Crippen molar-refractivity contribution < 1.29 is 9.59 Å². The summed E-state index contributed by atoms with van der Waals surface area (Å²) in [7, 11) is 0. The van der Waals surface area contributed by atoms with Gasteiger partial charge >= 0.3 is 0 Å². The van der Waals surface area contributed by atoms with Crippen molar-refractivity contribution in [2.45, 2.75) is 25.1 Å². The third kappa shape index (κ3) is 3.87. The van der Waals surface area contributed by atoms with Gasteiger partial charge in [-0.05, 0) is 13.8 Å². The standard InChI is InChI=1S/C6H12N2O2S/c1-3(5(7)9)8-6(10)4(2)11/h3-4,11H,1-2H3,(H2,7,9)(H,8,10)/t3-,4+/m1/s1. The second-order valence-electron chi connectivity index (χ2n) is 2.31. The first-order valence-corrected chi connectivity index (χ1v) is 3.74. The molecule has 0 aromatic heterocycles. The molecule has 0 aliphatic rings. The first-order chi connectivity index (χ1) is 4.95. The highest BCUT2D eigenvalue weighted by Crippen LogP contribution is 1.92. The molecule has 0 saturated heterocycles. The summed E-state index contributed by atoms with van der Waals surface area (Å²) in [5.74, 6) is -0.841. The number of hydrogen-bond donors (Lipinski definition) is 3. The smallest absolute Gasteiger partial charge is 0.239 e. The zero-order valence-electron chi connectivity index (χ0n) is 6.50. The van der Waals surface area contributed by atoms with Gasteiger partial charge in [0.05, 0.1) is 5.25 Å². The zero-order chi connectivity index (χ0) is 9.02. The van der Waals surface area contributed by atoms with Crippen LogP contribution in [-0.2, 0) is 9.59 Å². The van der Waals surface area contributed by atoms with Gasteiger partial charge in [0.1, 0.15) is 6.04 Å².